The summed E-state index contributed by atoms with van der Waals surface area (Å²) in [6.45, 7) is 9.88. The van der Waals surface area contributed by atoms with E-state index in [-0.39, 0.29) is 16.1 Å². The molecule has 49 heavy (non-hydrogen) atoms. The SMILES string of the molecule is CCCCCCCCCCC1(CC)C[N+]12C(=O)c1cc(Cl)ccc1N=C2C(=Nc1ccc(N(C)CC)cc1C)C(=O)Nc1ccccc1Cl. The Bertz CT molecular complexity index is 1750. The van der Waals surface area contributed by atoms with Crippen LogP contribution in [0.3, 0.4) is 0 Å². The topological polar surface area (TPSA) is 74.1 Å². The van der Waals surface area contributed by atoms with Crippen molar-refractivity contribution in [2.45, 2.75) is 97.4 Å². The van der Waals surface area contributed by atoms with Crippen molar-refractivity contribution >= 4 is 69.3 Å². The van der Waals surface area contributed by atoms with Crippen molar-refractivity contribution in [3.8, 4) is 0 Å². The molecule has 3 aromatic rings. The van der Waals surface area contributed by atoms with Gasteiger partial charge in [-0.15, -0.1) is 0 Å². The van der Waals surface area contributed by atoms with Gasteiger partial charge in [-0.25, -0.2) is 9.79 Å². The van der Waals surface area contributed by atoms with Crippen molar-refractivity contribution < 1.29 is 14.1 Å². The predicted octanol–water partition coefficient (Wildman–Crippen LogP) is 10.9. The predicted molar refractivity (Wildman–Crippen MR) is 206 cm³/mol. The van der Waals surface area contributed by atoms with E-state index in [1.54, 1.807) is 30.3 Å². The van der Waals surface area contributed by atoms with Crippen LogP contribution in [0.2, 0.25) is 10.0 Å². The van der Waals surface area contributed by atoms with Gasteiger partial charge in [-0.2, -0.15) is 9.48 Å². The third kappa shape index (κ3) is 7.64. The second kappa shape index (κ2) is 16.0. The van der Waals surface area contributed by atoms with Gasteiger partial charge in [0.2, 0.25) is 5.71 Å². The highest BCUT2D eigenvalue weighted by Crippen LogP contribution is 2.54. The first kappa shape index (κ1) is 36.8. The zero-order valence-corrected chi connectivity index (χ0v) is 31.1. The van der Waals surface area contributed by atoms with Gasteiger partial charge in [0.25, 0.3) is 11.7 Å². The number of amidine groups is 1. The van der Waals surface area contributed by atoms with Crippen LogP contribution in [0.4, 0.5) is 22.7 Å². The highest BCUT2D eigenvalue weighted by Gasteiger charge is 2.77. The standard InChI is InChI=1S/C40H49Cl2N5O2/c1-6-9-10-11-12-13-14-17-24-40(7-2)27-47(40)37(44-34-22-20-29(41)26-31(34)39(47)49)36(38(48)45-35-19-16-15-18-32(35)42)43-33-23-21-30(25-28(33)4)46(5)8-3/h15-16,18-23,25-26H,6-14,17,24,27H2,1-5H3/p+1. The minimum absolute atomic E-state index is 0.0438. The minimum Gasteiger partial charge on any atom is -0.375 e. The number of halogens is 2. The molecule has 1 N–H and O–H groups in total. The van der Waals surface area contributed by atoms with Crippen LogP contribution < -0.4 is 10.2 Å². The molecule has 3 aromatic carbocycles. The fraction of sp³-hybridized carbons (Fsp3) is 0.450. The number of aryl methyl sites for hydroxylation is 1. The molecule has 2 amide bonds. The number of hydrogen-bond acceptors (Lipinski definition) is 5. The van der Waals surface area contributed by atoms with Crippen LogP contribution in [0, 0.1) is 6.92 Å². The first-order valence-corrected chi connectivity index (χ1v) is 18.6. The molecule has 2 heterocycles. The largest absolute Gasteiger partial charge is 0.375 e. The van der Waals surface area contributed by atoms with Crippen molar-refractivity contribution in [1.29, 1.82) is 0 Å². The molecule has 260 valence electrons. The fourth-order valence-corrected chi connectivity index (χ4v) is 7.53. The average molecular weight is 704 g/mol. The van der Waals surface area contributed by atoms with Crippen molar-refractivity contribution in [1.82, 2.24) is 0 Å². The number of amides is 2. The van der Waals surface area contributed by atoms with E-state index in [1.807, 2.05) is 38.2 Å². The summed E-state index contributed by atoms with van der Waals surface area (Å²) in [6.07, 6.45) is 11.3. The molecule has 2 aliphatic rings. The number of quaternary nitrogens is 1. The van der Waals surface area contributed by atoms with Gasteiger partial charge in [0, 0.05) is 37.1 Å². The molecule has 1 saturated heterocycles. The van der Waals surface area contributed by atoms with Crippen molar-refractivity contribution in [3.05, 3.63) is 81.8 Å². The van der Waals surface area contributed by atoms with Gasteiger partial charge >= 0.3 is 5.91 Å². The van der Waals surface area contributed by atoms with Gasteiger partial charge in [0.15, 0.2) is 5.54 Å². The van der Waals surface area contributed by atoms with E-state index in [1.165, 1.54) is 38.5 Å². The van der Waals surface area contributed by atoms with Crippen molar-refractivity contribution in [2.24, 2.45) is 9.98 Å². The lowest BCUT2D eigenvalue weighted by atomic mass is 9.95. The number of anilines is 2. The number of unbranched alkanes of at least 4 members (excludes halogenated alkanes) is 7. The molecule has 0 bridgehead atoms. The molecule has 7 nitrogen and oxygen atoms in total. The first-order valence-electron chi connectivity index (χ1n) is 17.9. The Morgan fingerprint density at radius 1 is 0.959 bits per heavy atom. The second-order valence-corrected chi connectivity index (χ2v) is 14.4. The third-order valence-corrected chi connectivity index (χ3v) is 11.0. The highest BCUT2D eigenvalue weighted by atomic mass is 35.5. The Kier molecular flexibility index (Phi) is 12.0. The summed E-state index contributed by atoms with van der Waals surface area (Å²) in [4.78, 5) is 41.6. The van der Waals surface area contributed by atoms with Crippen molar-refractivity contribution in [3.63, 3.8) is 0 Å². The van der Waals surface area contributed by atoms with Crippen LogP contribution in [-0.4, -0.2) is 53.5 Å². The summed E-state index contributed by atoms with van der Waals surface area (Å²) in [5, 5.41) is 3.88. The summed E-state index contributed by atoms with van der Waals surface area (Å²) in [7, 11) is 2.04. The number of para-hydroxylation sites is 1. The normalized spacial score (nSPS) is 19.9. The monoisotopic (exact) mass is 702 g/mol. The van der Waals surface area contributed by atoms with E-state index in [2.05, 4.69) is 37.1 Å². The molecule has 0 aliphatic carbocycles. The van der Waals surface area contributed by atoms with Gasteiger partial charge in [-0.1, -0.05) is 94.1 Å². The van der Waals surface area contributed by atoms with Gasteiger partial charge in [0.1, 0.15) is 12.1 Å². The molecule has 9 heteroatoms. The smallest absolute Gasteiger partial charge is 0.355 e. The first-order chi connectivity index (χ1) is 23.6. The fourth-order valence-electron chi connectivity index (χ4n) is 7.17. The summed E-state index contributed by atoms with van der Waals surface area (Å²) >= 11 is 12.9. The molecule has 0 radical (unpaired) electrons. The number of carbonyl (C=O) groups excluding carboxylic acids is 2. The van der Waals surface area contributed by atoms with Crippen LogP contribution >= 0.6 is 23.2 Å². The Balaban J connectivity index is 1.59. The van der Waals surface area contributed by atoms with Crippen LogP contribution in [-0.2, 0) is 4.79 Å². The number of benzene rings is 3. The van der Waals surface area contributed by atoms with Crippen LogP contribution in [0.1, 0.15) is 101 Å². The number of fused-ring (bicyclic) bond motifs is 1. The molecule has 2 atom stereocenters. The highest BCUT2D eigenvalue weighted by molar-refractivity contribution is 6.68. The van der Waals surface area contributed by atoms with Gasteiger partial charge < -0.3 is 10.2 Å². The molecule has 1 fully saturated rings. The van der Waals surface area contributed by atoms with E-state index in [0.29, 0.717) is 45.1 Å². The van der Waals surface area contributed by atoms with E-state index >= 15 is 0 Å². The summed E-state index contributed by atoms with van der Waals surface area (Å²) in [5.74, 6) is -0.175. The Hall–Kier alpha value is -3.52. The molecule has 2 aliphatic heterocycles. The lowest BCUT2D eigenvalue weighted by molar-refractivity contribution is -0.642. The van der Waals surface area contributed by atoms with Gasteiger partial charge in [-0.3, -0.25) is 4.79 Å². The lowest BCUT2D eigenvalue weighted by Gasteiger charge is -2.29. The van der Waals surface area contributed by atoms with Crippen molar-refractivity contribution in [2.75, 3.05) is 30.4 Å². The number of carbonyl (C=O) groups is 2. The zero-order chi connectivity index (χ0) is 35.2. The van der Waals surface area contributed by atoms with Gasteiger partial charge in [0.05, 0.1) is 22.1 Å². The van der Waals surface area contributed by atoms with Crippen LogP contribution in [0.15, 0.2) is 70.6 Å². The second-order valence-electron chi connectivity index (χ2n) is 13.6. The maximum Gasteiger partial charge on any atom is 0.355 e. The number of aliphatic imine (C=N–C) groups is 2. The molecular formula is C40H50Cl2N5O2+. The molecule has 0 aromatic heterocycles. The molecular weight excluding hydrogens is 653 g/mol. The number of hydrogen-bond donors (Lipinski definition) is 1. The zero-order valence-electron chi connectivity index (χ0n) is 29.6. The molecule has 2 unspecified atom stereocenters. The van der Waals surface area contributed by atoms with Gasteiger partial charge in [-0.05, 0) is 74.4 Å². The molecule has 0 saturated carbocycles. The number of rotatable bonds is 16. The Morgan fingerprint density at radius 3 is 2.35 bits per heavy atom. The molecule has 5 rings (SSSR count). The minimum atomic E-state index is -0.465. The number of nitrogens with one attached hydrogen (secondary N) is 1. The van der Waals surface area contributed by atoms with Crippen LogP contribution in [0.25, 0.3) is 0 Å². The quantitative estimate of drug-likeness (QED) is 0.0698. The summed E-state index contributed by atoms with van der Waals surface area (Å²) < 4.78 is -0.0438. The van der Waals surface area contributed by atoms with Crippen LogP contribution in [0.5, 0.6) is 0 Å². The Morgan fingerprint density at radius 2 is 1.67 bits per heavy atom. The van der Waals surface area contributed by atoms with E-state index in [0.717, 1.165) is 43.5 Å². The third-order valence-electron chi connectivity index (χ3n) is 10.4. The van der Waals surface area contributed by atoms with E-state index < -0.39 is 11.4 Å². The maximum atomic E-state index is 14.8. The summed E-state index contributed by atoms with van der Waals surface area (Å²) in [6, 6.07) is 18.3. The van der Waals surface area contributed by atoms with E-state index in [9.17, 15) is 9.59 Å². The van der Waals surface area contributed by atoms with E-state index in [4.69, 9.17) is 33.2 Å². The lowest BCUT2D eigenvalue weighted by Crippen LogP contribution is -2.53. The summed E-state index contributed by atoms with van der Waals surface area (Å²) in [5.41, 5.74) is 3.76. The number of nitrogens with zero attached hydrogens (tertiary/aromatic N) is 4. The molecule has 1 spiro atoms. The Labute approximate surface area is 302 Å². The maximum absolute atomic E-state index is 14.8. The average Bonchev–Trinajstić information content (AvgIpc) is 3.77.